The SMILES string of the molecule is C/C(=C/Cl)COc1cccc(F)c1. The van der Waals surface area contributed by atoms with Crippen molar-refractivity contribution in [2.75, 3.05) is 6.61 Å². The van der Waals surface area contributed by atoms with Crippen molar-refractivity contribution in [1.29, 1.82) is 0 Å². The summed E-state index contributed by atoms with van der Waals surface area (Å²) in [6.07, 6.45) is 0. The molecule has 0 atom stereocenters. The number of hydrogen-bond acceptors (Lipinski definition) is 1. The monoisotopic (exact) mass is 200 g/mol. The van der Waals surface area contributed by atoms with E-state index in [-0.39, 0.29) is 5.82 Å². The average Bonchev–Trinajstić information content (AvgIpc) is 2.14. The topological polar surface area (TPSA) is 9.23 Å². The van der Waals surface area contributed by atoms with Gasteiger partial charge in [0.1, 0.15) is 18.2 Å². The molecule has 1 nitrogen and oxygen atoms in total. The van der Waals surface area contributed by atoms with Gasteiger partial charge in [0.15, 0.2) is 0 Å². The summed E-state index contributed by atoms with van der Waals surface area (Å²) in [5.41, 5.74) is 2.34. The number of benzene rings is 1. The van der Waals surface area contributed by atoms with Crippen LogP contribution in [-0.2, 0) is 0 Å². The van der Waals surface area contributed by atoms with Crippen molar-refractivity contribution < 1.29 is 9.13 Å². The Morgan fingerprint density at radius 3 is 3.00 bits per heavy atom. The van der Waals surface area contributed by atoms with Crippen LogP contribution < -0.4 is 4.74 Å². The third kappa shape index (κ3) is 3.47. The summed E-state index contributed by atoms with van der Waals surface area (Å²) >= 11 is 5.43. The van der Waals surface area contributed by atoms with E-state index in [1.165, 1.54) is 17.7 Å². The fourth-order valence-electron chi connectivity index (χ4n) is 0.785. The molecule has 0 aliphatic carbocycles. The Morgan fingerprint density at radius 2 is 2.38 bits per heavy atom. The van der Waals surface area contributed by atoms with Gasteiger partial charge in [0, 0.05) is 11.6 Å². The minimum Gasteiger partial charge on any atom is -0.489 e. The largest absolute Gasteiger partial charge is 0.489 e. The van der Waals surface area contributed by atoms with E-state index >= 15 is 0 Å². The minimum atomic E-state index is -0.301. The molecular formula is C10H10ClFO. The standard InChI is InChI=1S/C10H10ClFO/c1-8(6-11)7-13-10-4-2-3-9(12)5-10/h2-6H,7H2,1H3/b8-6-. The van der Waals surface area contributed by atoms with Crippen molar-refractivity contribution in [3.05, 3.63) is 41.2 Å². The van der Waals surface area contributed by atoms with Crippen molar-refractivity contribution in [3.63, 3.8) is 0 Å². The second-order valence-corrected chi connectivity index (χ2v) is 2.92. The minimum absolute atomic E-state index is 0.301. The fraction of sp³-hybridized carbons (Fsp3) is 0.200. The first-order chi connectivity index (χ1) is 6.22. The van der Waals surface area contributed by atoms with Crippen LogP contribution >= 0.6 is 11.6 Å². The molecule has 0 bridgehead atoms. The molecule has 3 heteroatoms. The number of rotatable bonds is 3. The molecular weight excluding hydrogens is 191 g/mol. The molecule has 0 spiro atoms. The van der Waals surface area contributed by atoms with Crippen LogP contribution in [0.5, 0.6) is 5.75 Å². The van der Waals surface area contributed by atoms with Crippen LogP contribution in [0.1, 0.15) is 6.92 Å². The lowest BCUT2D eigenvalue weighted by Crippen LogP contribution is -1.98. The predicted molar refractivity (Wildman–Crippen MR) is 51.5 cm³/mol. The predicted octanol–water partition coefficient (Wildman–Crippen LogP) is 3.35. The van der Waals surface area contributed by atoms with Crippen molar-refractivity contribution >= 4 is 11.6 Å². The first kappa shape index (κ1) is 10.1. The summed E-state index contributed by atoms with van der Waals surface area (Å²) in [6, 6.07) is 6.01. The van der Waals surface area contributed by atoms with E-state index in [2.05, 4.69) is 0 Å². The molecule has 0 radical (unpaired) electrons. The summed E-state index contributed by atoms with van der Waals surface area (Å²) < 4.78 is 17.9. The van der Waals surface area contributed by atoms with Gasteiger partial charge in [0.05, 0.1) is 0 Å². The van der Waals surface area contributed by atoms with E-state index in [0.29, 0.717) is 12.4 Å². The van der Waals surface area contributed by atoms with E-state index in [9.17, 15) is 4.39 Å². The molecule has 0 amide bonds. The number of hydrogen-bond donors (Lipinski definition) is 0. The van der Waals surface area contributed by atoms with Crippen LogP contribution in [0.2, 0.25) is 0 Å². The van der Waals surface area contributed by atoms with Crippen LogP contribution in [0.4, 0.5) is 4.39 Å². The van der Waals surface area contributed by atoms with Gasteiger partial charge < -0.3 is 4.74 Å². The Kier molecular flexibility index (Phi) is 3.77. The fourth-order valence-corrected chi connectivity index (χ4v) is 0.848. The smallest absolute Gasteiger partial charge is 0.126 e. The third-order valence-electron chi connectivity index (χ3n) is 1.45. The Hall–Kier alpha value is -1.02. The molecule has 0 saturated heterocycles. The highest BCUT2D eigenvalue weighted by molar-refractivity contribution is 6.25. The second-order valence-electron chi connectivity index (χ2n) is 2.70. The molecule has 0 fully saturated rings. The summed E-state index contributed by atoms with van der Waals surface area (Å²) in [4.78, 5) is 0. The lowest BCUT2D eigenvalue weighted by atomic mass is 10.3. The average molecular weight is 201 g/mol. The molecule has 0 heterocycles. The van der Waals surface area contributed by atoms with E-state index in [0.717, 1.165) is 5.57 Å². The molecule has 1 aromatic carbocycles. The summed E-state index contributed by atoms with van der Waals surface area (Å²) in [5, 5.41) is 0. The zero-order valence-electron chi connectivity index (χ0n) is 7.26. The maximum atomic E-state index is 12.7. The van der Waals surface area contributed by atoms with Gasteiger partial charge in [-0.05, 0) is 24.6 Å². The Labute approximate surface area is 81.8 Å². The molecule has 13 heavy (non-hydrogen) atoms. The molecule has 70 valence electrons. The lowest BCUT2D eigenvalue weighted by Gasteiger charge is -2.04. The Balaban J connectivity index is 2.55. The van der Waals surface area contributed by atoms with Gasteiger partial charge in [-0.2, -0.15) is 0 Å². The van der Waals surface area contributed by atoms with Crippen molar-refractivity contribution in [3.8, 4) is 5.75 Å². The molecule has 1 rings (SSSR count). The van der Waals surface area contributed by atoms with Crippen molar-refractivity contribution in [1.82, 2.24) is 0 Å². The van der Waals surface area contributed by atoms with Gasteiger partial charge in [0.25, 0.3) is 0 Å². The Morgan fingerprint density at radius 1 is 1.62 bits per heavy atom. The summed E-state index contributed by atoms with van der Waals surface area (Å²) in [5.74, 6) is 0.211. The third-order valence-corrected chi connectivity index (χ3v) is 1.82. The van der Waals surface area contributed by atoms with Gasteiger partial charge in [-0.25, -0.2) is 4.39 Å². The van der Waals surface area contributed by atoms with Gasteiger partial charge >= 0.3 is 0 Å². The Bertz CT molecular complexity index is 310. The van der Waals surface area contributed by atoms with Crippen LogP contribution in [0.15, 0.2) is 35.4 Å². The molecule has 0 aliphatic heterocycles. The maximum absolute atomic E-state index is 12.7. The molecule has 1 aromatic rings. The molecule has 0 aliphatic rings. The lowest BCUT2D eigenvalue weighted by molar-refractivity contribution is 0.350. The zero-order valence-corrected chi connectivity index (χ0v) is 8.01. The van der Waals surface area contributed by atoms with Gasteiger partial charge in [-0.3, -0.25) is 0 Å². The van der Waals surface area contributed by atoms with Gasteiger partial charge in [-0.15, -0.1) is 0 Å². The van der Waals surface area contributed by atoms with Crippen molar-refractivity contribution in [2.45, 2.75) is 6.92 Å². The normalized spacial score (nSPS) is 11.5. The highest BCUT2D eigenvalue weighted by Crippen LogP contribution is 2.12. The van der Waals surface area contributed by atoms with Crippen LogP contribution in [0.3, 0.4) is 0 Å². The van der Waals surface area contributed by atoms with Gasteiger partial charge in [0.2, 0.25) is 0 Å². The maximum Gasteiger partial charge on any atom is 0.126 e. The zero-order chi connectivity index (χ0) is 9.68. The quantitative estimate of drug-likeness (QED) is 0.727. The van der Waals surface area contributed by atoms with Crippen LogP contribution in [-0.4, -0.2) is 6.61 Å². The number of halogens is 2. The second kappa shape index (κ2) is 4.87. The summed E-state index contributed by atoms with van der Waals surface area (Å²) in [7, 11) is 0. The number of ether oxygens (including phenoxy) is 1. The molecule has 0 unspecified atom stereocenters. The highest BCUT2D eigenvalue weighted by atomic mass is 35.5. The molecule has 0 saturated carbocycles. The van der Waals surface area contributed by atoms with E-state index in [1.54, 1.807) is 12.1 Å². The summed E-state index contributed by atoms with van der Waals surface area (Å²) in [6.45, 7) is 2.22. The molecule has 0 aromatic heterocycles. The van der Waals surface area contributed by atoms with Crippen LogP contribution in [0, 0.1) is 5.82 Å². The van der Waals surface area contributed by atoms with Gasteiger partial charge in [-0.1, -0.05) is 17.7 Å². The molecule has 0 N–H and O–H groups in total. The van der Waals surface area contributed by atoms with Crippen molar-refractivity contribution in [2.24, 2.45) is 0 Å². The van der Waals surface area contributed by atoms with Crippen LogP contribution in [0.25, 0.3) is 0 Å². The van der Waals surface area contributed by atoms with E-state index in [1.807, 2.05) is 6.92 Å². The first-order valence-electron chi connectivity index (χ1n) is 3.86. The highest BCUT2D eigenvalue weighted by Gasteiger charge is 1.95. The first-order valence-corrected chi connectivity index (χ1v) is 4.30. The van der Waals surface area contributed by atoms with E-state index in [4.69, 9.17) is 16.3 Å². The van der Waals surface area contributed by atoms with E-state index < -0.39 is 0 Å².